The summed E-state index contributed by atoms with van der Waals surface area (Å²) in [7, 11) is 0. The lowest BCUT2D eigenvalue weighted by atomic mass is 9.65. The summed E-state index contributed by atoms with van der Waals surface area (Å²) in [5.74, 6) is 0. The van der Waals surface area contributed by atoms with E-state index in [9.17, 15) is 9.59 Å². The predicted molar refractivity (Wildman–Crippen MR) is 454 cm³/mol. The van der Waals surface area contributed by atoms with Gasteiger partial charge in [0.25, 0.3) is 0 Å². The Bertz CT molecular complexity index is 3840. The molecule has 0 saturated carbocycles. The van der Waals surface area contributed by atoms with Crippen molar-refractivity contribution in [1.29, 1.82) is 0 Å². The minimum Gasteiger partial charge on any atom is -0.297 e. The SMILES string of the molecule is CCCCCCc1cc(CCCCCC)cc(C2(c3cc(CCCCCC)cc(CCCCCC)c3)c3c(sc4cc(C=O)sc34)-c3sc4c5c(sc4c32)-c2sc3cc(C=O)sc3c2C5(c2cc(CCCCCC)cc(CCCCCC)c2)c2cc(CCCCCC)cc(CCCCCC)c2)c1. The fraction of sp³-hybridized carbons (Fsp3) is 0.532. The van der Waals surface area contributed by atoms with Crippen molar-refractivity contribution in [3.8, 4) is 19.5 Å². The van der Waals surface area contributed by atoms with Crippen LogP contribution < -0.4 is 0 Å². The van der Waals surface area contributed by atoms with Crippen LogP contribution in [-0.4, -0.2) is 12.6 Å². The van der Waals surface area contributed by atoms with Crippen molar-refractivity contribution >= 4 is 109 Å². The zero-order valence-electron chi connectivity index (χ0n) is 63.8. The molecule has 2 aliphatic carbocycles. The molecule has 0 unspecified atom stereocenters. The standard InChI is InChI=1S/C94H120O2S6/c1-9-17-25-33-41-65-49-66(42-34-26-18-10-2)54-73(53-65)93(74-55-67(43-35-27-19-11-3)50-68(56-74)44-36-28-20-12-4)81-85-79(61-77(63-95)97-85)99-87(81)89-83(93)91-92(101-89)84-90(102-91)88-82(86-80(100-88)62-78(64-96)98-86)94(84,75-57-69(45-37-29-21-13-5)51-70(58-75)46-38-30-22-14-6)76-59-71(47-39-31-23-15-7)52-72(60-76)48-40-32-24-16-8/h49-64H,9-48H2,1-8H3. The van der Waals surface area contributed by atoms with Crippen molar-refractivity contribution in [2.45, 2.75) is 323 Å². The van der Waals surface area contributed by atoms with Crippen LogP contribution in [0.15, 0.2) is 84.9 Å². The molecule has 0 radical (unpaired) electrons. The molecule has 0 bridgehead atoms. The summed E-state index contributed by atoms with van der Waals surface area (Å²) in [6.45, 7) is 18.8. The lowest BCUT2D eigenvalue weighted by Crippen LogP contribution is -2.30. The first kappa shape index (κ1) is 76.8. The molecule has 544 valence electrons. The van der Waals surface area contributed by atoms with Crippen LogP contribution in [0.25, 0.3) is 47.7 Å². The van der Waals surface area contributed by atoms with Crippen molar-refractivity contribution in [3.63, 3.8) is 0 Å². The summed E-state index contributed by atoms with van der Waals surface area (Å²) < 4.78 is 8.04. The average Bonchev–Trinajstić information content (AvgIpc) is 1.48. The van der Waals surface area contributed by atoms with Gasteiger partial charge in [-0.3, -0.25) is 9.59 Å². The van der Waals surface area contributed by atoms with Crippen LogP contribution in [0.4, 0.5) is 0 Å². The number of carbonyl (C=O) groups excluding carboxylic acids is 2. The largest absolute Gasteiger partial charge is 0.297 e. The van der Waals surface area contributed by atoms with Crippen LogP contribution in [0.2, 0.25) is 0 Å². The first-order valence-electron chi connectivity index (χ1n) is 41.3. The molecule has 102 heavy (non-hydrogen) atoms. The Morgan fingerprint density at radius 2 is 0.441 bits per heavy atom. The van der Waals surface area contributed by atoms with E-state index in [4.69, 9.17) is 0 Å². The highest BCUT2D eigenvalue weighted by atomic mass is 32.1. The third kappa shape index (κ3) is 16.4. The van der Waals surface area contributed by atoms with Crippen molar-refractivity contribution in [2.75, 3.05) is 0 Å². The Morgan fingerprint density at radius 1 is 0.235 bits per heavy atom. The van der Waals surface area contributed by atoms with E-state index in [1.165, 1.54) is 342 Å². The van der Waals surface area contributed by atoms with E-state index in [1.54, 1.807) is 22.7 Å². The van der Waals surface area contributed by atoms with Gasteiger partial charge in [0.2, 0.25) is 0 Å². The minimum atomic E-state index is -0.672. The number of carbonyl (C=O) groups is 2. The molecule has 0 fully saturated rings. The van der Waals surface area contributed by atoms with E-state index in [1.807, 2.05) is 22.7 Å². The molecule has 2 nitrogen and oxygen atoms in total. The molecule has 4 aromatic carbocycles. The van der Waals surface area contributed by atoms with Crippen LogP contribution in [0.5, 0.6) is 0 Å². The van der Waals surface area contributed by atoms with Crippen molar-refractivity contribution in [2.24, 2.45) is 0 Å². The third-order valence-corrected chi connectivity index (χ3v) is 30.5. The monoisotopic (exact) mass is 1470 g/mol. The number of rotatable bonds is 46. The van der Waals surface area contributed by atoms with Gasteiger partial charge in [-0.25, -0.2) is 0 Å². The zero-order valence-corrected chi connectivity index (χ0v) is 68.7. The Hall–Kier alpha value is -4.80. The van der Waals surface area contributed by atoms with Gasteiger partial charge in [-0.1, -0.05) is 282 Å². The van der Waals surface area contributed by atoms with Gasteiger partial charge in [0, 0.05) is 31.7 Å². The normalized spacial score (nSPS) is 13.5. The van der Waals surface area contributed by atoms with Crippen LogP contribution in [0.3, 0.4) is 0 Å². The van der Waals surface area contributed by atoms with E-state index < -0.39 is 10.8 Å². The molecule has 12 rings (SSSR count). The second-order valence-corrected chi connectivity index (χ2v) is 37.3. The van der Waals surface area contributed by atoms with Gasteiger partial charge < -0.3 is 0 Å². The van der Waals surface area contributed by atoms with Gasteiger partial charge in [-0.2, -0.15) is 0 Å². The third-order valence-electron chi connectivity index (χ3n) is 22.9. The van der Waals surface area contributed by atoms with Gasteiger partial charge >= 0.3 is 0 Å². The maximum absolute atomic E-state index is 13.3. The quantitative estimate of drug-likeness (QED) is 0.0281. The summed E-state index contributed by atoms with van der Waals surface area (Å²) in [6.07, 6.45) is 50.4. The van der Waals surface area contributed by atoms with Crippen LogP contribution in [0, 0.1) is 0 Å². The number of aldehydes is 2. The van der Waals surface area contributed by atoms with Crippen LogP contribution in [-0.2, 0) is 62.2 Å². The first-order chi connectivity index (χ1) is 50.1. The Balaban J connectivity index is 1.24. The molecule has 2 aliphatic rings. The molecule has 0 amide bonds. The molecular weight excluding hydrogens is 1350 g/mol. The molecule has 10 aromatic rings. The van der Waals surface area contributed by atoms with Gasteiger partial charge in [-0.05, 0) is 182 Å². The van der Waals surface area contributed by atoms with Crippen molar-refractivity contribution in [3.05, 3.63) is 184 Å². The van der Waals surface area contributed by atoms with Gasteiger partial charge in [0.05, 0.1) is 58.9 Å². The molecule has 0 N–H and O–H groups in total. The molecule has 0 aliphatic heterocycles. The Morgan fingerprint density at radius 3 is 0.647 bits per heavy atom. The number of fused-ring (bicyclic) bond motifs is 13. The van der Waals surface area contributed by atoms with Gasteiger partial charge in [-0.15, -0.1) is 68.0 Å². The maximum atomic E-state index is 13.3. The van der Waals surface area contributed by atoms with E-state index in [0.29, 0.717) is 0 Å². The summed E-state index contributed by atoms with van der Waals surface area (Å²) in [6, 6.07) is 36.9. The zero-order chi connectivity index (χ0) is 71.0. The topological polar surface area (TPSA) is 34.1 Å². The molecule has 0 spiro atoms. The maximum Gasteiger partial charge on any atom is 0.160 e. The highest BCUT2D eigenvalue weighted by molar-refractivity contribution is 7.37. The molecule has 6 aromatic heterocycles. The van der Waals surface area contributed by atoms with E-state index in [-0.39, 0.29) is 0 Å². The molecule has 0 atom stereocenters. The number of hydrogen-bond donors (Lipinski definition) is 0. The van der Waals surface area contributed by atoms with Crippen LogP contribution in [0.1, 0.15) is 369 Å². The second kappa shape index (κ2) is 37.1. The average molecular weight is 1470 g/mol. The summed E-state index contributed by atoms with van der Waals surface area (Å²) in [5.41, 5.74) is 22.2. The molecule has 8 heteroatoms. The molecule has 6 heterocycles. The summed E-state index contributed by atoms with van der Waals surface area (Å²) in [4.78, 5) is 34.1. The summed E-state index contributed by atoms with van der Waals surface area (Å²) >= 11 is 11.7. The number of unbranched alkanes of at least 4 members (excludes halogenated alkanes) is 24. The highest BCUT2D eigenvalue weighted by Crippen LogP contribution is 2.72. The molecule has 0 saturated heterocycles. The second-order valence-electron chi connectivity index (χ2n) is 30.9. The lowest BCUT2D eigenvalue weighted by molar-refractivity contribution is 0.111. The number of thiophene rings is 6. The fourth-order valence-corrected chi connectivity index (χ4v) is 26.3. The fourth-order valence-electron chi connectivity index (χ4n) is 17.7. The van der Waals surface area contributed by atoms with Crippen molar-refractivity contribution in [1.82, 2.24) is 0 Å². The van der Waals surface area contributed by atoms with Crippen molar-refractivity contribution < 1.29 is 9.59 Å². The molecular formula is C94H120O2S6. The Labute approximate surface area is 639 Å². The number of aryl methyl sites for hydroxylation is 8. The number of hydrogen-bond acceptors (Lipinski definition) is 8. The predicted octanol–water partition coefficient (Wildman–Crippen LogP) is 30.8. The highest BCUT2D eigenvalue weighted by Gasteiger charge is 2.57. The summed E-state index contributed by atoms with van der Waals surface area (Å²) in [5, 5.41) is 0. The van der Waals surface area contributed by atoms with E-state index in [0.717, 1.165) is 73.7 Å². The smallest absolute Gasteiger partial charge is 0.160 e. The van der Waals surface area contributed by atoms with Gasteiger partial charge in [0.15, 0.2) is 12.6 Å². The Kier molecular flexibility index (Phi) is 28.0. The van der Waals surface area contributed by atoms with E-state index in [2.05, 4.69) is 163 Å². The minimum absolute atomic E-state index is 0.672. The van der Waals surface area contributed by atoms with Gasteiger partial charge in [0.1, 0.15) is 0 Å². The van der Waals surface area contributed by atoms with E-state index >= 15 is 0 Å². The van der Waals surface area contributed by atoms with Crippen LogP contribution >= 0.6 is 68.0 Å². The first-order valence-corrected chi connectivity index (χ1v) is 46.2. The lowest BCUT2D eigenvalue weighted by Gasteiger charge is -2.35. The number of benzene rings is 4.